The highest BCUT2D eigenvalue weighted by Gasteiger charge is 2.29. The van der Waals surface area contributed by atoms with Crippen LogP contribution in [-0.4, -0.2) is 36.5 Å². The molecule has 0 radical (unpaired) electrons. The number of carbonyl (C=O) groups is 2. The van der Waals surface area contributed by atoms with Gasteiger partial charge in [0.15, 0.2) is 0 Å². The van der Waals surface area contributed by atoms with Crippen LogP contribution in [0.3, 0.4) is 0 Å². The maximum Gasteiger partial charge on any atom is 0.310 e. The van der Waals surface area contributed by atoms with Gasteiger partial charge in [0.05, 0.1) is 12.5 Å². The summed E-state index contributed by atoms with van der Waals surface area (Å²) in [4.78, 5) is 26.0. The van der Waals surface area contributed by atoms with Crippen molar-refractivity contribution in [1.29, 1.82) is 0 Å². The number of amides is 1. The highest BCUT2D eigenvalue weighted by Crippen LogP contribution is 2.22. The van der Waals surface area contributed by atoms with Crippen molar-refractivity contribution in [3.05, 3.63) is 34.3 Å². The lowest BCUT2D eigenvalue weighted by atomic mass is 9.97. The van der Waals surface area contributed by atoms with E-state index in [1.54, 1.807) is 24.0 Å². The first-order chi connectivity index (χ1) is 10.0. The van der Waals surface area contributed by atoms with Gasteiger partial charge in [-0.25, -0.2) is 0 Å². The average Bonchev–Trinajstić information content (AvgIpc) is 2.49. The molecule has 0 saturated carbocycles. The smallest absolute Gasteiger partial charge is 0.310 e. The minimum atomic E-state index is -0.219. The number of halogens is 1. The Labute approximate surface area is 130 Å². The van der Waals surface area contributed by atoms with Crippen molar-refractivity contribution in [2.75, 3.05) is 19.7 Å². The Morgan fingerprint density at radius 3 is 2.86 bits per heavy atom. The molecule has 1 saturated heterocycles. The quantitative estimate of drug-likeness (QED) is 0.806. The minimum Gasteiger partial charge on any atom is -0.466 e. The summed E-state index contributed by atoms with van der Waals surface area (Å²) in [6.45, 7) is 5.15. The van der Waals surface area contributed by atoms with Gasteiger partial charge in [0, 0.05) is 23.7 Å². The third-order valence-electron chi connectivity index (χ3n) is 3.75. The first-order valence-electron chi connectivity index (χ1n) is 7.25. The summed E-state index contributed by atoms with van der Waals surface area (Å²) >= 11 is 6.07. The second-order valence-electron chi connectivity index (χ2n) is 5.31. The van der Waals surface area contributed by atoms with Gasteiger partial charge in [-0.1, -0.05) is 17.7 Å². The van der Waals surface area contributed by atoms with Crippen LogP contribution in [0.5, 0.6) is 0 Å². The van der Waals surface area contributed by atoms with Crippen molar-refractivity contribution >= 4 is 23.5 Å². The van der Waals surface area contributed by atoms with E-state index in [4.69, 9.17) is 16.3 Å². The molecule has 1 aliphatic heterocycles. The highest BCUT2D eigenvalue weighted by atomic mass is 35.5. The number of aryl methyl sites for hydroxylation is 1. The molecule has 1 aromatic carbocycles. The van der Waals surface area contributed by atoms with Crippen LogP contribution < -0.4 is 0 Å². The van der Waals surface area contributed by atoms with Crippen LogP contribution in [0, 0.1) is 12.8 Å². The fourth-order valence-electron chi connectivity index (χ4n) is 2.52. The average molecular weight is 310 g/mol. The van der Waals surface area contributed by atoms with E-state index in [9.17, 15) is 9.59 Å². The summed E-state index contributed by atoms with van der Waals surface area (Å²) < 4.78 is 5.05. The van der Waals surface area contributed by atoms with Gasteiger partial charge >= 0.3 is 5.97 Å². The molecule has 1 amide bonds. The zero-order valence-corrected chi connectivity index (χ0v) is 13.2. The molecule has 1 fully saturated rings. The monoisotopic (exact) mass is 309 g/mol. The molecule has 0 spiro atoms. The molecule has 1 atom stereocenters. The van der Waals surface area contributed by atoms with E-state index in [0.717, 1.165) is 18.4 Å². The van der Waals surface area contributed by atoms with E-state index in [-0.39, 0.29) is 17.8 Å². The summed E-state index contributed by atoms with van der Waals surface area (Å²) in [6, 6.07) is 5.30. The van der Waals surface area contributed by atoms with Gasteiger partial charge in [0.2, 0.25) is 0 Å². The van der Waals surface area contributed by atoms with Crippen molar-refractivity contribution in [3.8, 4) is 0 Å². The Hall–Kier alpha value is -1.55. The van der Waals surface area contributed by atoms with Crippen molar-refractivity contribution < 1.29 is 14.3 Å². The molecule has 0 N–H and O–H groups in total. The van der Waals surface area contributed by atoms with Gasteiger partial charge < -0.3 is 9.64 Å². The Kier molecular flexibility index (Phi) is 5.23. The van der Waals surface area contributed by atoms with E-state index in [1.165, 1.54) is 0 Å². The van der Waals surface area contributed by atoms with Gasteiger partial charge in [0.1, 0.15) is 0 Å². The first kappa shape index (κ1) is 15.8. The van der Waals surface area contributed by atoms with Crippen LogP contribution in [0.15, 0.2) is 18.2 Å². The minimum absolute atomic E-state index is 0.0779. The predicted octanol–water partition coefficient (Wildman–Crippen LogP) is 3.06. The van der Waals surface area contributed by atoms with Crippen molar-refractivity contribution in [3.63, 3.8) is 0 Å². The molecule has 0 unspecified atom stereocenters. The van der Waals surface area contributed by atoms with Crippen LogP contribution in [0.4, 0.5) is 0 Å². The molecule has 0 aromatic heterocycles. The Bertz CT molecular complexity index is 544. The van der Waals surface area contributed by atoms with E-state index in [1.807, 2.05) is 13.0 Å². The molecule has 4 nitrogen and oxygen atoms in total. The molecule has 114 valence electrons. The standard InChI is InChI=1S/C16H20ClNO3/c1-3-21-16(20)13-5-4-8-18(10-13)15(19)12-7-6-11(2)14(17)9-12/h6-7,9,13H,3-5,8,10H2,1-2H3/t13-/m0/s1. The number of benzene rings is 1. The Morgan fingerprint density at radius 1 is 1.43 bits per heavy atom. The van der Waals surface area contributed by atoms with Crippen LogP contribution in [-0.2, 0) is 9.53 Å². The van der Waals surface area contributed by atoms with Crippen LogP contribution >= 0.6 is 11.6 Å². The summed E-state index contributed by atoms with van der Waals surface area (Å²) in [6.07, 6.45) is 1.59. The fourth-order valence-corrected chi connectivity index (χ4v) is 2.70. The number of likely N-dealkylation sites (tertiary alicyclic amines) is 1. The maximum atomic E-state index is 12.5. The molecule has 21 heavy (non-hydrogen) atoms. The number of esters is 1. The third-order valence-corrected chi connectivity index (χ3v) is 4.15. The summed E-state index contributed by atoms with van der Waals surface area (Å²) in [5.74, 6) is -0.508. The van der Waals surface area contributed by atoms with Crippen molar-refractivity contribution in [1.82, 2.24) is 4.90 Å². The number of piperidine rings is 1. The molecular formula is C16H20ClNO3. The van der Waals surface area contributed by atoms with E-state index in [0.29, 0.717) is 30.3 Å². The molecule has 1 heterocycles. The fraction of sp³-hybridized carbons (Fsp3) is 0.500. The molecule has 0 bridgehead atoms. The summed E-state index contributed by atoms with van der Waals surface area (Å²) in [7, 11) is 0. The van der Waals surface area contributed by atoms with Crippen LogP contribution in [0.2, 0.25) is 5.02 Å². The third kappa shape index (κ3) is 3.76. The molecule has 0 aliphatic carbocycles. The van der Waals surface area contributed by atoms with Crippen molar-refractivity contribution in [2.24, 2.45) is 5.92 Å². The zero-order valence-electron chi connectivity index (χ0n) is 12.4. The van der Waals surface area contributed by atoms with Gasteiger partial charge in [-0.3, -0.25) is 9.59 Å². The summed E-state index contributed by atoms with van der Waals surface area (Å²) in [5, 5.41) is 0.583. The number of nitrogens with zero attached hydrogens (tertiary/aromatic N) is 1. The highest BCUT2D eigenvalue weighted by molar-refractivity contribution is 6.31. The Morgan fingerprint density at radius 2 is 2.19 bits per heavy atom. The van der Waals surface area contributed by atoms with E-state index in [2.05, 4.69) is 0 Å². The molecular weight excluding hydrogens is 290 g/mol. The number of hydrogen-bond donors (Lipinski definition) is 0. The Balaban J connectivity index is 2.08. The van der Waals surface area contributed by atoms with Crippen molar-refractivity contribution in [2.45, 2.75) is 26.7 Å². The van der Waals surface area contributed by atoms with Gasteiger partial charge in [-0.15, -0.1) is 0 Å². The second-order valence-corrected chi connectivity index (χ2v) is 5.71. The lowest BCUT2D eigenvalue weighted by Crippen LogP contribution is -2.42. The predicted molar refractivity (Wildman–Crippen MR) is 81.4 cm³/mol. The largest absolute Gasteiger partial charge is 0.466 e. The zero-order chi connectivity index (χ0) is 15.4. The molecule has 2 rings (SSSR count). The molecule has 1 aliphatic rings. The summed E-state index contributed by atoms with van der Waals surface area (Å²) in [5.41, 5.74) is 1.51. The van der Waals surface area contributed by atoms with E-state index >= 15 is 0 Å². The molecule has 5 heteroatoms. The number of rotatable bonds is 3. The van der Waals surface area contributed by atoms with E-state index < -0.39 is 0 Å². The van der Waals surface area contributed by atoms with Crippen LogP contribution in [0.1, 0.15) is 35.7 Å². The second kappa shape index (κ2) is 6.94. The number of carbonyl (C=O) groups excluding carboxylic acids is 2. The van der Waals surface area contributed by atoms with Gasteiger partial charge in [0.25, 0.3) is 5.91 Å². The normalized spacial score (nSPS) is 18.4. The van der Waals surface area contributed by atoms with Gasteiger partial charge in [-0.05, 0) is 44.4 Å². The SMILES string of the molecule is CCOC(=O)[C@H]1CCCN(C(=O)c2ccc(C)c(Cl)c2)C1. The van der Waals surface area contributed by atoms with Crippen LogP contribution in [0.25, 0.3) is 0 Å². The number of hydrogen-bond acceptors (Lipinski definition) is 3. The number of ether oxygens (including phenoxy) is 1. The maximum absolute atomic E-state index is 12.5. The molecule has 1 aromatic rings. The lowest BCUT2D eigenvalue weighted by molar-refractivity contribution is -0.149. The topological polar surface area (TPSA) is 46.6 Å². The first-order valence-corrected chi connectivity index (χ1v) is 7.62. The lowest BCUT2D eigenvalue weighted by Gasteiger charge is -2.31. The van der Waals surface area contributed by atoms with Gasteiger partial charge in [-0.2, -0.15) is 0 Å².